The van der Waals surface area contributed by atoms with Crippen LogP contribution >= 0.6 is 0 Å². The van der Waals surface area contributed by atoms with Gasteiger partial charge in [0.15, 0.2) is 0 Å². The zero-order chi connectivity index (χ0) is 8.53. The summed E-state index contributed by atoms with van der Waals surface area (Å²) in [7, 11) is 0. The summed E-state index contributed by atoms with van der Waals surface area (Å²) in [5.41, 5.74) is 0. The molecule has 0 aromatic carbocycles. The van der Waals surface area contributed by atoms with E-state index in [1.807, 2.05) is 0 Å². The van der Waals surface area contributed by atoms with Crippen LogP contribution in [0.4, 0.5) is 0 Å². The van der Waals surface area contributed by atoms with Crippen LogP contribution in [0.15, 0.2) is 24.3 Å². The van der Waals surface area contributed by atoms with E-state index in [0.29, 0.717) is 12.7 Å². The second kappa shape index (κ2) is 6.74. The Morgan fingerprint density at radius 3 is 2.55 bits per heavy atom. The zero-order valence-electron chi connectivity index (χ0n) is 6.06. The summed E-state index contributed by atoms with van der Waals surface area (Å²) in [6.07, 6.45) is 7.56. The molecule has 0 aliphatic heterocycles. The van der Waals surface area contributed by atoms with Gasteiger partial charge in [-0.1, -0.05) is 18.2 Å². The number of hydrogen-bond donors (Lipinski definition) is 1. The highest BCUT2D eigenvalue weighted by molar-refractivity contribution is 5.67. The maximum absolute atomic E-state index is 9.98. The predicted octanol–water partition coefficient (Wildman–Crippen LogP) is 1.16. The molecule has 3 nitrogen and oxygen atoms in total. The van der Waals surface area contributed by atoms with E-state index in [0.717, 1.165) is 0 Å². The third kappa shape index (κ3) is 8.62. The van der Waals surface area contributed by atoms with Crippen molar-refractivity contribution in [2.75, 3.05) is 0 Å². The lowest BCUT2D eigenvalue weighted by molar-refractivity contribution is -0.136. The predicted molar refractivity (Wildman–Crippen MR) is 41.2 cm³/mol. The van der Waals surface area contributed by atoms with Gasteiger partial charge in [0.1, 0.15) is 6.29 Å². The average molecular weight is 154 g/mol. The summed E-state index contributed by atoms with van der Waals surface area (Å²) in [6, 6.07) is 0. The van der Waals surface area contributed by atoms with Crippen LogP contribution in [-0.2, 0) is 9.59 Å². The SMILES string of the molecule is O=C/C=C/C=C/CCC(=O)O. The van der Waals surface area contributed by atoms with Gasteiger partial charge in [-0.3, -0.25) is 9.59 Å². The fourth-order valence-corrected chi connectivity index (χ4v) is 0.491. The molecule has 0 aromatic heterocycles. The lowest BCUT2D eigenvalue weighted by Crippen LogP contribution is -1.91. The van der Waals surface area contributed by atoms with Crippen molar-refractivity contribution in [1.29, 1.82) is 0 Å². The van der Waals surface area contributed by atoms with Crippen molar-refractivity contribution >= 4 is 12.3 Å². The van der Waals surface area contributed by atoms with Crippen LogP contribution in [0.2, 0.25) is 0 Å². The average Bonchev–Trinajstić information content (AvgIpc) is 1.96. The van der Waals surface area contributed by atoms with Gasteiger partial charge in [-0.25, -0.2) is 0 Å². The lowest BCUT2D eigenvalue weighted by Gasteiger charge is -1.84. The number of aldehydes is 1. The minimum Gasteiger partial charge on any atom is -0.481 e. The molecule has 0 amide bonds. The van der Waals surface area contributed by atoms with Gasteiger partial charge in [0.25, 0.3) is 0 Å². The Balaban J connectivity index is 3.37. The molecule has 0 rings (SSSR count). The van der Waals surface area contributed by atoms with E-state index in [-0.39, 0.29) is 6.42 Å². The second-order valence-corrected chi connectivity index (χ2v) is 1.88. The van der Waals surface area contributed by atoms with Crippen LogP contribution in [0.1, 0.15) is 12.8 Å². The van der Waals surface area contributed by atoms with Gasteiger partial charge in [-0.15, -0.1) is 0 Å². The molecule has 1 N–H and O–H groups in total. The molecule has 0 bridgehead atoms. The van der Waals surface area contributed by atoms with Gasteiger partial charge in [-0.2, -0.15) is 0 Å². The fraction of sp³-hybridized carbons (Fsp3) is 0.250. The Morgan fingerprint density at radius 2 is 2.00 bits per heavy atom. The monoisotopic (exact) mass is 154 g/mol. The molecule has 0 heterocycles. The Morgan fingerprint density at radius 1 is 1.27 bits per heavy atom. The molecule has 3 heteroatoms. The maximum atomic E-state index is 9.98. The highest BCUT2D eigenvalue weighted by Gasteiger charge is 1.90. The van der Waals surface area contributed by atoms with Gasteiger partial charge >= 0.3 is 5.97 Å². The van der Waals surface area contributed by atoms with E-state index >= 15 is 0 Å². The molecule has 11 heavy (non-hydrogen) atoms. The summed E-state index contributed by atoms with van der Waals surface area (Å²) in [6.45, 7) is 0. The van der Waals surface area contributed by atoms with Crippen LogP contribution in [0.3, 0.4) is 0 Å². The number of carboxylic acids is 1. The van der Waals surface area contributed by atoms with E-state index in [9.17, 15) is 9.59 Å². The van der Waals surface area contributed by atoms with Gasteiger partial charge in [0.2, 0.25) is 0 Å². The Labute approximate surface area is 65.0 Å². The van der Waals surface area contributed by atoms with E-state index < -0.39 is 5.97 Å². The van der Waals surface area contributed by atoms with Crippen LogP contribution in [0, 0.1) is 0 Å². The summed E-state index contributed by atoms with van der Waals surface area (Å²) in [4.78, 5) is 19.7. The molecular weight excluding hydrogens is 144 g/mol. The number of carbonyl (C=O) groups excluding carboxylic acids is 1. The van der Waals surface area contributed by atoms with Crippen molar-refractivity contribution < 1.29 is 14.7 Å². The number of hydrogen-bond acceptors (Lipinski definition) is 2. The standard InChI is InChI=1S/C8H10O3/c9-7-5-3-1-2-4-6-8(10)11/h1-3,5,7H,4,6H2,(H,10,11)/b2-1+,5-3+. The molecular formula is C8H10O3. The van der Waals surface area contributed by atoms with Gasteiger partial charge in [0, 0.05) is 6.42 Å². The highest BCUT2D eigenvalue weighted by Crippen LogP contribution is 1.90. The second-order valence-electron chi connectivity index (χ2n) is 1.88. The van der Waals surface area contributed by atoms with E-state index in [1.165, 1.54) is 6.08 Å². The molecule has 0 saturated heterocycles. The first kappa shape index (κ1) is 9.62. The Bertz CT molecular complexity index is 180. The topological polar surface area (TPSA) is 54.4 Å². The molecule has 0 radical (unpaired) electrons. The van der Waals surface area contributed by atoms with Crippen molar-refractivity contribution in [2.45, 2.75) is 12.8 Å². The van der Waals surface area contributed by atoms with Crippen molar-refractivity contribution in [2.24, 2.45) is 0 Å². The van der Waals surface area contributed by atoms with Gasteiger partial charge < -0.3 is 5.11 Å². The van der Waals surface area contributed by atoms with Gasteiger partial charge in [0.05, 0.1) is 0 Å². The van der Waals surface area contributed by atoms with Crippen LogP contribution in [0.5, 0.6) is 0 Å². The van der Waals surface area contributed by atoms with Gasteiger partial charge in [-0.05, 0) is 12.5 Å². The minimum absolute atomic E-state index is 0.130. The van der Waals surface area contributed by atoms with Crippen molar-refractivity contribution in [3.05, 3.63) is 24.3 Å². The van der Waals surface area contributed by atoms with Crippen molar-refractivity contribution in [1.82, 2.24) is 0 Å². The molecule has 60 valence electrons. The first-order chi connectivity index (χ1) is 5.27. The largest absolute Gasteiger partial charge is 0.481 e. The number of carbonyl (C=O) groups is 2. The summed E-state index contributed by atoms with van der Waals surface area (Å²) in [5, 5.41) is 8.21. The quantitative estimate of drug-likeness (QED) is 0.367. The third-order valence-corrected chi connectivity index (χ3v) is 0.962. The van der Waals surface area contributed by atoms with Crippen LogP contribution in [0.25, 0.3) is 0 Å². The zero-order valence-corrected chi connectivity index (χ0v) is 6.06. The number of carboxylic acid groups (broad SMARTS) is 1. The van der Waals surface area contributed by atoms with Crippen LogP contribution in [-0.4, -0.2) is 17.4 Å². The van der Waals surface area contributed by atoms with Crippen molar-refractivity contribution in [3.63, 3.8) is 0 Å². The van der Waals surface area contributed by atoms with Crippen LogP contribution < -0.4 is 0 Å². The Hall–Kier alpha value is -1.38. The maximum Gasteiger partial charge on any atom is 0.303 e. The molecule has 0 fully saturated rings. The molecule has 0 unspecified atom stereocenters. The molecule has 0 saturated carbocycles. The smallest absolute Gasteiger partial charge is 0.303 e. The number of rotatable bonds is 5. The van der Waals surface area contributed by atoms with Crippen molar-refractivity contribution in [3.8, 4) is 0 Å². The van der Waals surface area contributed by atoms with E-state index in [4.69, 9.17) is 5.11 Å². The Kier molecular flexibility index (Phi) is 5.89. The minimum atomic E-state index is -0.811. The summed E-state index contributed by atoms with van der Waals surface area (Å²) >= 11 is 0. The molecule has 0 aromatic rings. The molecule has 0 aliphatic rings. The lowest BCUT2D eigenvalue weighted by atomic mass is 10.3. The van der Waals surface area contributed by atoms with E-state index in [1.54, 1.807) is 18.2 Å². The highest BCUT2D eigenvalue weighted by atomic mass is 16.4. The number of aliphatic carboxylic acids is 1. The first-order valence-corrected chi connectivity index (χ1v) is 3.26. The number of allylic oxidation sites excluding steroid dienone is 4. The van der Waals surface area contributed by atoms with E-state index in [2.05, 4.69) is 0 Å². The molecule has 0 aliphatic carbocycles. The molecule has 0 spiro atoms. The summed E-state index contributed by atoms with van der Waals surface area (Å²) < 4.78 is 0. The molecule has 0 atom stereocenters. The summed E-state index contributed by atoms with van der Waals surface area (Å²) in [5.74, 6) is -0.811. The first-order valence-electron chi connectivity index (χ1n) is 3.26. The normalized spacial score (nSPS) is 10.9. The third-order valence-electron chi connectivity index (χ3n) is 0.962. The fourth-order valence-electron chi connectivity index (χ4n) is 0.491.